The van der Waals surface area contributed by atoms with E-state index in [-0.39, 0.29) is 18.2 Å². The first-order valence-electron chi connectivity index (χ1n) is 13.1. The highest BCUT2D eigenvalue weighted by molar-refractivity contribution is 7.80. The van der Waals surface area contributed by atoms with Crippen LogP contribution < -0.4 is 10.6 Å². The van der Waals surface area contributed by atoms with Crippen molar-refractivity contribution in [1.82, 2.24) is 15.5 Å². The van der Waals surface area contributed by atoms with Crippen LogP contribution in [-0.4, -0.2) is 51.8 Å². The van der Waals surface area contributed by atoms with E-state index >= 15 is 0 Å². The molecule has 3 atom stereocenters. The molecule has 39 heavy (non-hydrogen) atoms. The summed E-state index contributed by atoms with van der Waals surface area (Å²) >= 11 is 4.32. The fourth-order valence-corrected chi connectivity index (χ4v) is 4.80. The van der Waals surface area contributed by atoms with Crippen molar-refractivity contribution in [1.29, 1.82) is 0 Å². The summed E-state index contributed by atoms with van der Waals surface area (Å²) in [5.74, 6) is -1.48. The zero-order chi connectivity index (χ0) is 28.4. The van der Waals surface area contributed by atoms with Gasteiger partial charge in [0.1, 0.15) is 6.04 Å². The van der Waals surface area contributed by atoms with Crippen LogP contribution in [0.4, 0.5) is 0 Å². The highest BCUT2D eigenvalue weighted by atomic mass is 32.1. The van der Waals surface area contributed by atoms with Gasteiger partial charge in [0.05, 0.1) is 11.9 Å². The lowest BCUT2D eigenvalue weighted by molar-refractivity contribution is -0.147. The number of hydrogen-bond donors (Lipinski definition) is 4. The number of carbonyl (C=O) groups excluding carboxylic acids is 3. The second-order valence-electron chi connectivity index (χ2n) is 9.60. The Hall–Kier alpha value is -3.62. The molecule has 3 rings (SSSR count). The molecule has 0 fully saturated rings. The van der Waals surface area contributed by atoms with Crippen LogP contribution in [0.25, 0.3) is 0 Å². The Morgan fingerprint density at radius 3 is 2.28 bits per heavy atom. The Labute approximate surface area is 236 Å². The number of aliphatic hydroxyl groups is 1. The Bertz CT molecular complexity index is 1270. The molecule has 0 aliphatic heterocycles. The molecule has 0 aliphatic rings. The molecule has 0 heterocycles. The van der Waals surface area contributed by atoms with Gasteiger partial charge in [-0.05, 0) is 55.5 Å². The van der Waals surface area contributed by atoms with Gasteiger partial charge in [0.25, 0.3) is 11.8 Å². The molecule has 3 aromatic carbocycles. The van der Waals surface area contributed by atoms with E-state index in [1.807, 2.05) is 74.5 Å². The Balaban J connectivity index is 1.79. The lowest BCUT2D eigenvalue weighted by atomic mass is 9.99. The summed E-state index contributed by atoms with van der Waals surface area (Å²) in [6.45, 7) is 5.98. The number of amides is 3. The van der Waals surface area contributed by atoms with Crippen molar-refractivity contribution in [3.05, 3.63) is 107 Å². The van der Waals surface area contributed by atoms with Gasteiger partial charge in [-0.2, -0.15) is 12.6 Å². The number of carbonyl (C=O) groups is 3. The van der Waals surface area contributed by atoms with E-state index in [0.717, 1.165) is 22.3 Å². The standard InChI is InChI=1S/C31H37N3O4S/c1-4-27(30(37)32-19-25-15-9-8-12-22(25)3)34(20-39)31(38)28(35)26(18-23-13-6-5-7-14-23)33-29(36)24-16-10-11-21(2)17-24/h5-17,26-28,35,39H,4,18-20H2,1-3H3,(H,32,37)(H,33,36)/t26?,27-,28-/m0/s1. The minimum Gasteiger partial charge on any atom is -0.381 e. The Kier molecular flexibility index (Phi) is 11.1. The minimum atomic E-state index is -1.59. The third-order valence-electron chi connectivity index (χ3n) is 6.74. The first kappa shape index (κ1) is 29.9. The number of hydrogen-bond acceptors (Lipinski definition) is 5. The number of nitrogens with one attached hydrogen (secondary N) is 2. The van der Waals surface area contributed by atoms with E-state index in [0.29, 0.717) is 18.5 Å². The molecule has 0 aromatic heterocycles. The van der Waals surface area contributed by atoms with Gasteiger partial charge in [-0.15, -0.1) is 0 Å². The summed E-state index contributed by atoms with van der Waals surface area (Å²) in [4.78, 5) is 41.1. The van der Waals surface area contributed by atoms with Crippen LogP contribution in [0, 0.1) is 13.8 Å². The SMILES string of the molecule is CC[C@@H](C(=O)NCc1ccccc1C)N(CS)C(=O)[C@@H](O)C(Cc1ccccc1)NC(=O)c1cccc(C)c1. The molecule has 0 saturated carbocycles. The maximum atomic E-state index is 13.6. The Morgan fingerprint density at radius 1 is 0.949 bits per heavy atom. The molecule has 3 N–H and O–H groups in total. The van der Waals surface area contributed by atoms with E-state index in [2.05, 4.69) is 23.3 Å². The molecule has 206 valence electrons. The molecule has 3 aromatic rings. The predicted molar refractivity (Wildman–Crippen MR) is 156 cm³/mol. The molecule has 7 nitrogen and oxygen atoms in total. The van der Waals surface area contributed by atoms with E-state index in [1.165, 1.54) is 4.90 Å². The van der Waals surface area contributed by atoms with Crippen molar-refractivity contribution < 1.29 is 19.5 Å². The minimum absolute atomic E-state index is 0.0733. The quantitative estimate of drug-likeness (QED) is 0.205. The van der Waals surface area contributed by atoms with Crippen molar-refractivity contribution in [2.45, 2.75) is 58.3 Å². The number of nitrogens with zero attached hydrogens (tertiary/aromatic N) is 1. The number of aliphatic hydroxyl groups excluding tert-OH is 1. The first-order chi connectivity index (χ1) is 18.7. The molecule has 3 amide bonds. The molecule has 0 spiro atoms. The fraction of sp³-hybridized carbons (Fsp3) is 0.323. The van der Waals surface area contributed by atoms with Crippen LogP contribution in [-0.2, 0) is 22.6 Å². The lowest BCUT2D eigenvalue weighted by Gasteiger charge is -2.33. The molecule has 0 saturated heterocycles. The van der Waals surface area contributed by atoms with Crippen molar-refractivity contribution in [3.63, 3.8) is 0 Å². The van der Waals surface area contributed by atoms with E-state index in [4.69, 9.17) is 0 Å². The monoisotopic (exact) mass is 547 g/mol. The summed E-state index contributed by atoms with van der Waals surface area (Å²) in [7, 11) is 0. The van der Waals surface area contributed by atoms with Crippen LogP contribution in [0.1, 0.15) is 46.0 Å². The Morgan fingerprint density at radius 2 is 1.64 bits per heavy atom. The second-order valence-corrected chi connectivity index (χ2v) is 9.88. The zero-order valence-electron chi connectivity index (χ0n) is 22.6. The maximum Gasteiger partial charge on any atom is 0.254 e. The zero-order valence-corrected chi connectivity index (χ0v) is 23.5. The number of benzene rings is 3. The van der Waals surface area contributed by atoms with Gasteiger partial charge < -0.3 is 20.6 Å². The highest BCUT2D eigenvalue weighted by Gasteiger charge is 2.36. The summed E-state index contributed by atoms with van der Waals surface area (Å²) in [5, 5.41) is 17.0. The van der Waals surface area contributed by atoms with Gasteiger partial charge in [0.2, 0.25) is 5.91 Å². The molecule has 0 bridgehead atoms. The van der Waals surface area contributed by atoms with Gasteiger partial charge in [-0.1, -0.05) is 79.2 Å². The summed E-state index contributed by atoms with van der Waals surface area (Å²) in [5.41, 5.74) is 4.23. The first-order valence-corrected chi connectivity index (χ1v) is 13.7. The van der Waals surface area contributed by atoms with Gasteiger partial charge in [0.15, 0.2) is 6.10 Å². The van der Waals surface area contributed by atoms with Crippen LogP contribution >= 0.6 is 12.6 Å². The summed E-state index contributed by atoms with van der Waals surface area (Å²) in [6, 6.07) is 22.4. The lowest BCUT2D eigenvalue weighted by Crippen LogP contribution is -2.57. The third-order valence-corrected chi connectivity index (χ3v) is 7.05. The maximum absolute atomic E-state index is 13.6. The number of thiol groups is 1. The number of rotatable bonds is 12. The van der Waals surface area contributed by atoms with Crippen molar-refractivity contribution >= 4 is 30.4 Å². The predicted octanol–water partition coefficient (Wildman–Crippen LogP) is 3.82. The van der Waals surface area contributed by atoms with Crippen molar-refractivity contribution in [2.24, 2.45) is 0 Å². The van der Waals surface area contributed by atoms with Crippen molar-refractivity contribution in [3.8, 4) is 0 Å². The van der Waals surface area contributed by atoms with E-state index in [1.54, 1.807) is 25.1 Å². The molecular weight excluding hydrogens is 510 g/mol. The third kappa shape index (κ3) is 8.18. The van der Waals surface area contributed by atoms with Crippen LogP contribution in [0.15, 0.2) is 78.9 Å². The molecule has 1 unspecified atom stereocenters. The second kappa shape index (κ2) is 14.5. The summed E-state index contributed by atoms with van der Waals surface area (Å²) < 4.78 is 0. The van der Waals surface area contributed by atoms with Gasteiger partial charge in [-0.25, -0.2) is 0 Å². The molecule has 8 heteroatoms. The molecule has 0 aliphatic carbocycles. The van der Waals surface area contributed by atoms with Crippen LogP contribution in [0.2, 0.25) is 0 Å². The largest absolute Gasteiger partial charge is 0.381 e. The summed E-state index contributed by atoms with van der Waals surface area (Å²) in [6.07, 6.45) is -1.04. The normalized spacial score (nSPS) is 13.2. The number of aryl methyl sites for hydroxylation is 2. The van der Waals surface area contributed by atoms with Crippen molar-refractivity contribution in [2.75, 3.05) is 5.88 Å². The smallest absolute Gasteiger partial charge is 0.254 e. The van der Waals surface area contributed by atoms with E-state index in [9.17, 15) is 19.5 Å². The van der Waals surface area contributed by atoms with E-state index < -0.39 is 30.0 Å². The molecule has 0 radical (unpaired) electrons. The average Bonchev–Trinajstić information content (AvgIpc) is 2.94. The molecular formula is C31H37N3O4S. The topological polar surface area (TPSA) is 98.7 Å². The van der Waals surface area contributed by atoms with Gasteiger partial charge in [-0.3, -0.25) is 14.4 Å². The fourth-order valence-electron chi connectivity index (χ4n) is 4.47. The van der Waals surface area contributed by atoms with Gasteiger partial charge in [0, 0.05) is 12.1 Å². The van der Waals surface area contributed by atoms with Crippen LogP contribution in [0.3, 0.4) is 0 Å². The van der Waals surface area contributed by atoms with Gasteiger partial charge >= 0.3 is 0 Å². The average molecular weight is 548 g/mol. The highest BCUT2D eigenvalue weighted by Crippen LogP contribution is 2.15. The van der Waals surface area contributed by atoms with Crippen LogP contribution in [0.5, 0.6) is 0 Å².